The first-order valence-corrected chi connectivity index (χ1v) is 13.5. The number of nitrogens with zero attached hydrogens (tertiary/aromatic N) is 3. The molecular formula is C29H34FN7O3. The number of piperidine rings is 2. The van der Waals surface area contributed by atoms with Crippen LogP contribution in [-0.2, 0) is 0 Å². The summed E-state index contributed by atoms with van der Waals surface area (Å²) in [6, 6.07) is 11.9. The number of carbonyl (C=O) groups is 2. The predicted molar refractivity (Wildman–Crippen MR) is 151 cm³/mol. The summed E-state index contributed by atoms with van der Waals surface area (Å²) in [5, 5.41) is 9.34. The maximum atomic E-state index is 15.1. The van der Waals surface area contributed by atoms with Crippen LogP contribution < -0.4 is 31.3 Å². The molecule has 5 rings (SSSR count). The highest BCUT2D eigenvalue weighted by atomic mass is 19.1. The van der Waals surface area contributed by atoms with E-state index in [-0.39, 0.29) is 29.1 Å². The number of ether oxygens (including phenoxy) is 1. The van der Waals surface area contributed by atoms with E-state index in [4.69, 9.17) is 10.5 Å². The third-order valence-corrected chi connectivity index (χ3v) is 7.48. The van der Waals surface area contributed by atoms with Crippen molar-refractivity contribution in [2.45, 2.75) is 37.6 Å². The van der Waals surface area contributed by atoms with Gasteiger partial charge in [-0.15, -0.1) is 0 Å². The number of rotatable bonds is 8. The number of hydrogen-bond acceptors (Lipinski definition) is 8. The van der Waals surface area contributed by atoms with Crippen LogP contribution in [0.4, 0.5) is 21.7 Å². The monoisotopic (exact) mass is 547 g/mol. The van der Waals surface area contributed by atoms with Gasteiger partial charge >= 0.3 is 0 Å². The molecule has 0 aliphatic carbocycles. The summed E-state index contributed by atoms with van der Waals surface area (Å²) in [5.41, 5.74) is 7.17. The van der Waals surface area contributed by atoms with Crippen molar-refractivity contribution in [2.24, 2.45) is 5.73 Å². The van der Waals surface area contributed by atoms with Gasteiger partial charge in [0.05, 0.1) is 19.0 Å². The molecule has 210 valence electrons. The molecule has 0 bridgehead atoms. The van der Waals surface area contributed by atoms with Crippen LogP contribution in [-0.4, -0.2) is 61.1 Å². The molecule has 40 heavy (non-hydrogen) atoms. The van der Waals surface area contributed by atoms with Crippen LogP contribution in [0.2, 0.25) is 0 Å². The van der Waals surface area contributed by atoms with E-state index in [1.165, 1.54) is 6.20 Å². The number of carbonyl (C=O) groups excluding carboxylic acids is 2. The zero-order chi connectivity index (χ0) is 28.1. The van der Waals surface area contributed by atoms with Gasteiger partial charge in [0, 0.05) is 24.7 Å². The predicted octanol–water partition coefficient (Wildman–Crippen LogP) is 3.33. The second kappa shape index (κ2) is 12.3. The number of anilines is 3. The lowest BCUT2D eigenvalue weighted by Gasteiger charge is -2.34. The molecule has 1 aromatic heterocycles. The van der Waals surface area contributed by atoms with Crippen molar-refractivity contribution in [1.29, 1.82) is 0 Å². The zero-order valence-corrected chi connectivity index (χ0v) is 22.5. The Bertz CT molecular complexity index is 1360. The van der Waals surface area contributed by atoms with E-state index < -0.39 is 11.7 Å². The minimum absolute atomic E-state index is 0.0769. The number of halogens is 1. The molecule has 2 aliphatic rings. The summed E-state index contributed by atoms with van der Waals surface area (Å²) in [7, 11) is 1.58. The average Bonchev–Trinajstić information content (AvgIpc) is 2.98. The van der Waals surface area contributed by atoms with Crippen LogP contribution in [0.3, 0.4) is 0 Å². The number of nitrogens with two attached hydrogens (primary N) is 1. The van der Waals surface area contributed by atoms with Crippen molar-refractivity contribution < 1.29 is 18.7 Å². The van der Waals surface area contributed by atoms with Gasteiger partial charge in [-0.2, -0.15) is 0 Å². The largest absolute Gasteiger partial charge is 0.497 e. The lowest BCUT2D eigenvalue weighted by atomic mass is 9.90. The molecule has 2 fully saturated rings. The number of primary amides is 1. The normalized spacial score (nSPS) is 17.8. The molecule has 2 saturated heterocycles. The van der Waals surface area contributed by atoms with Crippen LogP contribution in [0.25, 0.3) is 0 Å². The smallest absolute Gasteiger partial charge is 0.271 e. The van der Waals surface area contributed by atoms with Crippen molar-refractivity contribution in [2.75, 3.05) is 43.5 Å². The molecular weight excluding hydrogens is 513 g/mol. The Labute approximate surface area is 232 Å². The van der Waals surface area contributed by atoms with Gasteiger partial charge in [0.15, 0.2) is 11.5 Å². The van der Waals surface area contributed by atoms with Gasteiger partial charge in [0.1, 0.15) is 17.4 Å². The molecule has 3 heterocycles. The van der Waals surface area contributed by atoms with Gasteiger partial charge in [-0.25, -0.2) is 14.4 Å². The summed E-state index contributed by atoms with van der Waals surface area (Å²) in [5.74, 6) is 0.210. The van der Waals surface area contributed by atoms with Crippen LogP contribution in [0.1, 0.15) is 58.0 Å². The maximum Gasteiger partial charge on any atom is 0.271 e. The Balaban J connectivity index is 1.30. The molecule has 0 saturated carbocycles. The minimum Gasteiger partial charge on any atom is -0.497 e. The first-order chi connectivity index (χ1) is 19.4. The summed E-state index contributed by atoms with van der Waals surface area (Å²) in [6.45, 7) is 3.03. The van der Waals surface area contributed by atoms with E-state index in [1.807, 2.05) is 11.0 Å². The van der Waals surface area contributed by atoms with Gasteiger partial charge in [-0.1, -0.05) is 6.07 Å². The molecule has 10 nitrogen and oxygen atoms in total. The summed E-state index contributed by atoms with van der Waals surface area (Å²) in [6.07, 6.45) is 5.04. The average molecular weight is 548 g/mol. The number of hydrogen-bond donors (Lipinski definition) is 4. The molecule has 2 amide bonds. The van der Waals surface area contributed by atoms with Gasteiger partial charge in [-0.05, 0) is 86.7 Å². The highest BCUT2D eigenvalue weighted by Gasteiger charge is 2.25. The Morgan fingerprint density at radius 3 is 2.60 bits per heavy atom. The highest BCUT2D eigenvalue weighted by molar-refractivity contribution is 5.96. The second-order valence-corrected chi connectivity index (χ2v) is 10.2. The maximum absolute atomic E-state index is 15.1. The van der Waals surface area contributed by atoms with Gasteiger partial charge < -0.3 is 31.3 Å². The molecule has 0 radical (unpaired) electrons. The highest BCUT2D eigenvalue weighted by Crippen LogP contribution is 2.30. The lowest BCUT2D eigenvalue weighted by molar-refractivity contribution is 0.0931. The molecule has 1 atom stereocenters. The van der Waals surface area contributed by atoms with Gasteiger partial charge in [0.2, 0.25) is 0 Å². The Morgan fingerprint density at radius 1 is 1.12 bits per heavy atom. The lowest BCUT2D eigenvalue weighted by Crippen LogP contribution is -2.48. The van der Waals surface area contributed by atoms with Crippen molar-refractivity contribution in [3.05, 3.63) is 71.3 Å². The summed E-state index contributed by atoms with van der Waals surface area (Å²) in [4.78, 5) is 35.7. The number of aromatic nitrogens is 2. The second-order valence-electron chi connectivity index (χ2n) is 10.2. The van der Waals surface area contributed by atoms with E-state index in [2.05, 4.69) is 25.9 Å². The first kappa shape index (κ1) is 27.3. The number of methoxy groups -OCH3 is 1. The van der Waals surface area contributed by atoms with Crippen LogP contribution >= 0.6 is 0 Å². The van der Waals surface area contributed by atoms with Crippen molar-refractivity contribution in [3.8, 4) is 5.75 Å². The van der Waals surface area contributed by atoms with E-state index in [0.29, 0.717) is 36.1 Å². The SMILES string of the molecule is COc1ccc(C(=O)N[C@@H]2CCCN(c3cnc(C(N)=O)c(Nc4ccc(C5CCNCC5)cc4F)n3)C2)cc1. The Morgan fingerprint density at radius 2 is 1.90 bits per heavy atom. The minimum atomic E-state index is -0.767. The van der Waals surface area contributed by atoms with E-state index in [9.17, 15) is 9.59 Å². The number of nitrogens with one attached hydrogen (secondary N) is 3. The topological polar surface area (TPSA) is 134 Å². The molecule has 0 spiro atoms. The van der Waals surface area contributed by atoms with Crippen LogP contribution in [0.5, 0.6) is 5.75 Å². The van der Waals surface area contributed by atoms with E-state index in [1.54, 1.807) is 43.5 Å². The zero-order valence-electron chi connectivity index (χ0n) is 22.5. The third kappa shape index (κ3) is 6.31. The first-order valence-electron chi connectivity index (χ1n) is 13.5. The van der Waals surface area contributed by atoms with Crippen LogP contribution in [0, 0.1) is 5.82 Å². The molecule has 11 heteroatoms. The van der Waals surface area contributed by atoms with E-state index in [0.717, 1.165) is 44.3 Å². The van der Waals surface area contributed by atoms with Crippen molar-refractivity contribution in [1.82, 2.24) is 20.6 Å². The van der Waals surface area contributed by atoms with Crippen molar-refractivity contribution in [3.63, 3.8) is 0 Å². The van der Waals surface area contributed by atoms with Crippen molar-refractivity contribution >= 4 is 29.1 Å². The summed E-state index contributed by atoms with van der Waals surface area (Å²) >= 11 is 0. The Kier molecular flexibility index (Phi) is 8.40. The van der Waals surface area contributed by atoms with Crippen LogP contribution in [0.15, 0.2) is 48.7 Å². The molecule has 5 N–H and O–H groups in total. The Hall–Kier alpha value is -4.25. The third-order valence-electron chi connectivity index (χ3n) is 7.48. The molecule has 3 aromatic rings. The molecule has 2 aromatic carbocycles. The quantitative estimate of drug-likeness (QED) is 0.337. The fourth-order valence-electron chi connectivity index (χ4n) is 5.28. The molecule has 2 aliphatic heterocycles. The van der Waals surface area contributed by atoms with Gasteiger partial charge in [-0.3, -0.25) is 9.59 Å². The van der Waals surface area contributed by atoms with E-state index >= 15 is 4.39 Å². The van der Waals surface area contributed by atoms with Gasteiger partial charge in [0.25, 0.3) is 11.8 Å². The number of amides is 2. The number of benzene rings is 2. The standard InChI is InChI=1S/C29H34FN7O3/c1-40-22-7-4-19(5-8-22)29(39)34-21-3-2-14-37(17-21)25-16-33-26(27(31)38)28(36-25)35-24-9-6-20(15-23(24)30)18-10-12-32-13-11-18/h4-9,15-16,18,21,32H,2-3,10-14,17H2,1H3,(H2,31,38)(H,34,39)(H,35,36)/t21-/m1/s1. The molecule has 0 unspecified atom stereocenters. The summed E-state index contributed by atoms with van der Waals surface area (Å²) < 4.78 is 20.3. The fourth-order valence-corrected chi connectivity index (χ4v) is 5.28. The fraction of sp³-hybridized carbons (Fsp3) is 0.379.